The first kappa shape index (κ1) is 11.8. The molecule has 0 aliphatic heterocycles. The van der Waals surface area contributed by atoms with Crippen LogP contribution in [0.5, 0.6) is 0 Å². The number of carbonyl (C=O) groups excluding carboxylic acids is 1. The highest BCUT2D eigenvalue weighted by Gasteiger charge is 2.22. The van der Waals surface area contributed by atoms with Crippen LogP contribution in [0.15, 0.2) is 16.7 Å². The molecule has 1 heterocycles. The molecule has 2 N–H and O–H groups in total. The van der Waals surface area contributed by atoms with E-state index in [9.17, 15) is 4.79 Å². The Balaban J connectivity index is 2.68. The van der Waals surface area contributed by atoms with E-state index in [4.69, 9.17) is 9.52 Å². The molecule has 1 amide bonds. The SMILES string of the molecule is Cc1occc1C(=O)NC(C)(C)CCO. The molecule has 0 aromatic carbocycles. The van der Waals surface area contributed by atoms with E-state index in [0.717, 1.165) is 0 Å². The average molecular weight is 211 g/mol. The van der Waals surface area contributed by atoms with E-state index in [-0.39, 0.29) is 12.5 Å². The zero-order chi connectivity index (χ0) is 11.5. The van der Waals surface area contributed by atoms with Gasteiger partial charge in [-0.15, -0.1) is 0 Å². The van der Waals surface area contributed by atoms with Crippen molar-refractivity contribution in [1.82, 2.24) is 5.32 Å². The summed E-state index contributed by atoms with van der Waals surface area (Å²) < 4.78 is 5.05. The number of hydrogen-bond donors (Lipinski definition) is 2. The molecular formula is C11H17NO3. The van der Waals surface area contributed by atoms with E-state index in [0.29, 0.717) is 17.7 Å². The van der Waals surface area contributed by atoms with Gasteiger partial charge in [-0.2, -0.15) is 0 Å². The molecule has 4 nitrogen and oxygen atoms in total. The van der Waals surface area contributed by atoms with Crippen molar-refractivity contribution >= 4 is 5.91 Å². The Bertz CT molecular complexity index is 341. The first-order valence-corrected chi connectivity index (χ1v) is 4.94. The maximum Gasteiger partial charge on any atom is 0.255 e. The summed E-state index contributed by atoms with van der Waals surface area (Å²) in [6.07, 6.45) is 2.01. The normalized spacial score (nSPS) is 11.5. The number of aliphatic hydroxyl groups excluding tert-OH is 1. The van der Waals surface area contributed by atoms with Crippen LogP contribution in [0.3, 0.4) is 0 Å². The molecule has 1 aromatic rings. The van der Waals surface area contributed by atoms with Crippen LogP contribution in [0, 0.1) is 6.92 Å². The fourth-order valence-electron chi connectivity index (χ4n) is 1.34. The maximum absolute atomic E-state index is 11.8. The van der Waals surface area contributed by atoms with E-state index >= 15 is 0 Å². The average Bonchev–Trinajstić information content (AvgIpc) is 2.50. The first-order chi connectivity index (χ1) is 6.96. The van der Waals surface area contributed by atoms with Crippen LogP contribution in [0.25, 0.3) is 0 Å². The van der Waals surface area contributed by atoms with E-state index in [2.05, 4.69) is 5.32 Å². The Kier molecular flexibility index (Phi) is 3.52. The maximum atomic E-state index is 11.8. The standard InChI is InChI=1S/C11H17NO3/c1-8-9(4-7-15-8)10(14)12-11(2,3)5-6-13/h4,7,13H,5-6H2,1-3H3,(H,12,14). The summed E-state index contributed by atoms with van der Waals surface area (Å²) in [7, 11) is 0. The van der Waals surface area contributed by atoms with Gasteiger partial charge in [0.1, 0.15) is 5.76 Å². The summed E-state index contributed by atoms with van der Waals surface area (Å²) in [6, 6.07) is 1.64. The number of amides is 1. The number of aryl methyl sites for hydroxylation is 1. The Morgan fingerprint density at radius 3 is 2.73 bits per heavy atom. The minimum atomic E-state index is -0.407. The van der Waals surface area contributed by atoms with Crippen molar-refractivity contribution in [3.05, 3.63) is 23.7 Å². The van der Waals surface area contributed by atoms with Crippen molar-refractivity contribution in [3.8, 4) is 0 Å². The van der Waals surface area contributed by atoms with Gasteiger partial charge in [0.15, 0.2) is 0 Å². The quantitative estimate of drug-likeness (QED) is 0.793. The van der Waals surface area contributed by atoms with Crippen LogP contribution in [-0.2, 0) is 0 Å². The van der Waals surface area contributed by atoms with Gasteiger partial charge in [0, 0.05) is 12.1 Å². The van der Waals surface area contributed by atoms with Crippen LogP contribution >= 0.6 is 0 Å². The number of hydrogen-bond acceptors (Lipinski definition) is 3. The summed E-state index contributed by atoms with van der Waals surface area (Å²) in [5.74, 6) is 0.437. The van der Waals surface area contributed by atoms with Gasteiger partial charge < -0.3 is 14.8 Å². The smallest absolute Gasteiger partial charge is 0.255 e. The zero-order valence-electron chi connectivity index (χ0n) is 9.33. The Hall–Kier alpha value is -1.29. The van der Waals surface area contributed by atoms with Crippen molar-refractivity contribution in [1.29, 1.82) is 0 Å². The third-order valence-corrected chi connectivity index (χ3v) is 2.29. The molecule has 0 atom stereocenters. The molecular weight excluding hydrogens is 194 g/mol. The predicted molar refractivity (Wildman–Crippen MR) is 56.7 cm³/mol. The number of carbonyl (C=O) groups is 1. The molecule has 0 saturated heterocycles. The molecule has 1 aromatic heterocycles. The van der Waals surface area contributed by atoms with Crippen LogP contribution < -0.4 is 5.32 Å². The lowest BCUT2D eigenvalue weighted by Gasteiger charge is -2.25. The summed E-state index contributed by atoms with van der Waals surface area (Å²) >= 11 is 0. The second kappa shape index (κ2) is 4.49. The van der Waals surface area contributed by atoms with Gasteiger partial charge in [-0.1, -0.05) is 0 Å². The number of furan rings is 1. The number of rotatable bonds is 4. The fraction of sp³-hybridized carbons (Fsp3) is 0.545. The molecule has 15 heavy (non-hydrogen) atoms. The highest BCUT2D eigenvalue weighted by Crippen LogP contribution is 2.12. The highest BCUT2D eigenvalue weighted by molar-refractivity contribution is 5.95. The summed E-state index contributed by atoms with van der Waals surface area (Å²) in [5.41, 5.74) is 0.135. The van der Waals surface area contributed by atoms with Crippen molar-refractivity contribution < 1.29 is 14.3 Å². The molecule has 0 aliphatic rings. The monoisotopic (exact) mass is 211 g/mol. The second-order valence-corrected chi connectivity index (χ2v) is 4.20. The molecule has 0 bridgehead atoms. The molecule has 1 rings (SSSR count). The highest BCUT2D eigenvalue weighted by atomic mass is 16.3. The molecule has 0 radical (unpaired) electrons. The molecule has 0 fully saturated rings. The van der Waals surface area contributed by atoms with Gasteiger partial charge >= 0.3 is 0 Å². The largest absolute Gasteiger partial charge is 0.469 e. The van der Waals surface area contributed by atoms with Gasteiger partial charge in [0.05, 0.1) is 11.8 Å². The number of nitrogens with one attached hydrogen (secondary N) is 1. The Labute approximate surface area is 89.3 Å². The van der Waals surface area contributed by atoms with Crippen molar-refractivity contribution in [2.24, 2.45) is 0 Å². The Morgan fingerprint density at radius 2 is 2.27 bits per heavy atom. The van der Waals surface area contributed by atoms with E-state index < -0.39 is 5.54 Å². The lowest BCUT2D eigenvalue weighted by atomic mass is 10.0. The zero-order valence-corrected chi connectivity index (χ0v) is 9.33. The third-order valence-electron chi connectivity index (χ3n) is 2.29. The summed E-state index contributed by atoms with van der Waals surface area (Å²) in [6.45, 7) is 5.54. The molecule has 0 aliphatic carbocycles. The van der Waals surface area contributed by atoms with Gasteiger partial charge in [0.25, 0.3) is 5.91 Å². The lowest BCUT2D eigenvalue weighted by Crippen LogP contribution is -2.44. The van der Waals surface area contributed by atoms with Gasteiger partial charge in [-0.3, -0.25) is 4.79 Å². The third kappa shape index (κ3) is 3.09. The molecule has 4 heteroatoms. The first-order valence-electron chi connectivity index (χ1n) is 4.94. The predicted octanol–water partition coefficient (Wildman–Crippen LogP) is 1.48. The second-order valence-electron chi connectivity index (χ2n) is 4.20. The summed E-state index contributed by atoms with van der Waals surface area (Å²) in [4.78, 5) is 11.8. The lowest BCUT2D eigenvalue weighted by molar-refractivity contribution is 0.0898. The van der Waals surface area contributed by atoms with Gasteiger partial charge in [0.2, 0.25) is 0 Å². The van der Waals surface area contributed by atoms with Crippen LogP contribution in [0.1, 0.15) is 36.4 Å². The van der Waals surface area contributed by atoms with E-state index in [1.165, 1.54) is 6.26 Å². The minimum Gasteiger partial charge on any atom is -0.469 e. The van der Waals surface area contributed by atoms with Gasteiger partial charge in [-0.05, 0) is 33.3 Å². The van der Waals surface area contributed by atoms with Crippen LogP contribution in [-0.4, -0.2) is 23.2 Å². The van der Waals surface area contributed by atoms with Gasteiger partial charge in [-0.25, -0.2) is 0 Å². The van der Waals surface area contributed by atoms with Crippen molar-refractivity contribution in [3.63, 3.8) is 0 Å². The summed E-state index contributed by atoms with van der Waals surface area (Å²) in [5, 5.41) is 11.7. The minimum absolute atomic E-state index is 0.0532. The van der Waals surface area contributed by atoms with Crippen LogP contribution in [0.2, 0.25) is 0 Å². The Morgan fingerprint density at radius 1 is 1.60 bits per heavy atom. The van der Waals surface area contributed by atoms with E-state index in [1.807, 2.05) is 13.8 Å². The fourth-order valence-corrected chi connectivity index (χ4v) is 1.34. The van der Waals surface area contributed by atoms with Crippen molar-refractivity contribution in [2.45, 2.75) is 32.7 Å². The van der Waals surface area contributed by atoms with E-state index in [1.54, 1.807) is 13.0 Å². The molecule has 0 spiro atoms. The van der Waals surface area contributed by atoms with Crippen molar-refractivity contribution in [2.75, 3.05) is 6.61 Å². The topological polar surface area (TPSA) is 62.5 Å². The van der Waals surface area contributed by atoms with Crippen LogP contribution in [0.4, 0.5) is 0 Å². The molecule has 0 saturated carbocycles. The number of aliphatic hydroxyl groups is 1. The molecule has 84 valence electrons. The molecule has 0 unspecified atom stereocenters.